The van der Waals surface area contributed by atoms with Gasteiger partial charge in [0.25, 0.3) is 5.69 Å². The normalized spacial score (nSPS) is 16.9. The highest BCUT2D eigenvalue weighted by atomic mass is 16.6. The standard InChI is InChI=1S/C20H22N4O4/c25-18-5-3-16(4-6-18)22-11-9-21(10-12-22)14-20(26)23-8-7-15-1-2-17(24(27)28)13-19(15)23/h1-6,13,25H,7-12,14H2. The van der Waals surface area contributed by atoms with E-state index in [0.717, 1.165) is 43.9 Å². The third-order valence-electron chi connectivity index (χ3n) is 5.42. The van der Waals surface area contributed by atoms with E-state index in [1.807, 2.05) is 12.1 Å². The molecule has 2 aliphatic heterocycles. The van der Waals surface area contributed by atoms with Crippen molar-refractivity contribution in [1.82, 2.24) is 4.90 Å². The molecule has 0 radical (unpaired) electrons. The number of benzene rings is 2. The van der Waals surface area contributed by atoms with Crippen LogP contribution in [0.1, 0.15) is 5.56 Å². The average Bonchev–Trinajstić information content (AvgIpc) is 3.12. The van der Waals surface area contributed by atoms with E-state index in [1.165, 1.54) is 12.1 Å². The van der Waals surface area contributed by atoms with Gasteiger partial charge in [0.05, 0.1) is 17.2 Å². The van der Waals surface area contributed by atoms with Gasteiger partial charge < -0.3 is 14.9 Å². The number of amides is 1. The van der Waals surface area contributed by atoms with Crippen LogP contribution in [-0.4, -0.2) is 60.1 Å². The van der Waals surface area contributed by atoms with Crippen molar-refractivity contribution in [3.63, 3.8) is 0 Å². The summed E-state index contributed by atoms with van der Waals surface area (Å²) in [5, 5.41) is 20.4. The maximum absolute atomic E-state index is 12.8. The molecule has 1 N–H and O–H groups in total. The number of non-ortho nitro benzene ring substituents is 1. The quantitative estimate of drug-likeness (QED) is 0.643. The molecule has 2 aliphatic rings. The van der Waals surface area contributed by atoms with Crippen molar-refractivity contribution < 1.29 is 14.8 Å². The Morgan fingerprint density at radius 2 is 1.75 bits per heavy atom. The minimum absolute atomic E-state index is 0.0148. The third-order valence-corrected chi connectivity index (χ3v) is 5.42. The van der Waals surface area contributed by atoms with Crippen molar-refractivity contribution >= 4 is 23.0 Å². The summed E-state index contributed by atoms with van der Waals surface area (Å²) in [5.74, 6) is 0.233. The summed E-state index contributed by atoms with van der Waals surface area (Å²) in [5.41, 5.74) is 2.73. The van der Waals surface area contributed by atoms with Gasteiger partial charge in [-0.05, 0) is 36.2 Å². The van der Waals surface area contributed by atoms with E-state index in [2.05, 4.69) is 9.80 Å². The van der Waals surface area contributed by atoms with Crippen LogP contribution in [0.3, 0.4) is 0 Å². The molecule has 0 spiro atoms. The van der Waals surface area contributed by atoms with Gasteiger partial charge in [-0.15, -0.1) is 0 Å². The van der Waals surface area contributed by atoms with Crippen LogP contribution in [0.15, 0.2) is 42.5 Å². The number of aromatic hydroxyl groups is 1. The van der Waals surface area contributed by atoms with Crippen molar-refractivity contribution in [3.05, 3.63) is 58.1 Å². The molecule has 2 aromatic rings. The van der Waals surface area contributed by atoms with Gasteiger partial charge >= 0.3 is 0 Å². The lowest BCUT2D eigenvalue weighted by atomic mass is 10.1. The third kappa shape index (κ3) is 3.63. The number of nitro groups is 1. The zero-order valence-corrected chi connectivity index (χ0v) is 15.5. The highest BCUT2D eigenvalue weighted by molar-refractivity contribution is 5.97. The molecular formula is C20H22N4O4. The van der Waals surface area contributed by atoms with Crippen LogP contribution in [0.2, 0.25) is 0 Å². The van der Waals surface area contributed by atoms with E-state index >= 15 is 0 Å². The molecule has 2 aromatic carbocycles. The molecule has 2 heterocycles. The fourth-order valence-corrected chi connectivity index (χ4v) is 3.84. The van der Waals surface area contributed by atoms with Gasteiger partial charge in [0, 0.05) is 50.5 Å². The second-order valence-electron chi connectivity index (χ2n) is 7.15. The Balaban J connectivity index is 1.36. The minimum atomic E-state index is -0.427. The van der Waals surface area contributed by atoms with Crippen molar-refractivity contribution in [2.45, 2.75) is 6.42 Å². The Bertz CT molecular complexity index is 892. The van der Waals surface area contributed by atoms with E-state index in [-0.39, 0.29) is 17.3 Å². The fourth-order valence-electron chi connectivity index (χ4n) is 3.84. The number of piperazine rings is 1. The number of fused-ring (bicyclic) bond motifs is 1. The summed E-state index contributed by atoms with van der Waals surface area (Å²) in [6.45, 7) is 4.03. The molecule has 1 saturated heterocycles. The molecule has 146 valence electrons. The molecule has 8 nitrogen and oxygen atoms in total. The summed E-state index contributed by atoms with van der Waals surface area (Å²) in [6.07, 6.45) is 0.730. The maximum atomic E-state index is 12.8. The van der Waals surface area contributed by atoms with Crippen LogP contribution in [-0.2, 0) is 11.2 Å². The van der Waals surface area contributed by atoms with Crippen molar-refractivity contribution in [3.8, 4) is 5.75 Å². The second-order valence-corrected chi connectivity index (χ2v) is 7.15. The number of rotatable bonds is 4. The summed E-state index contributed by atoms with van der Waals surface area (Å²) in [4.78, 5) is 29.5. The van der Waals surface area contributed by atoms with Crippen LogP contribution in [0, 0.1) is 10.1 Å². The average molecular weight is 382 g/mol. The van der Waals surface area contributed by atoms with Gasteiger partial charge in [-0.25, -0.2) is 0 Å². The van der Waals surface area contributed by atoms with E-state index in [9.17, 15) is 20.0 Å². The Labute approximate surface area is 162 Å². The van der Waals surface area contributed by atoms with Gasteiger partial charge in [-0.2, -0.15) is 0 Å². The molecule has 28 heavy (non-hydrogen) atoms. The maximum Gasteiger partial charge on any atom is 0.271 e. The molecular weight excluding hydrogens is 360 g/mol. The van der Waals surface area contributed by atoms with Crippen molar-refractivity contribution in [2.24, 2.45) is 0 Å². The predicted octanol–water partition coefficient (Wildman–Crippen LogP) is 2.01. The molecule has 0 saturated carbocycles. The highest BCUT2D eigenvalue weighted by Crippen LogP contribution is 2.32. The van der Waals surface area contributed by atoms with Gasteiger partial charge in [-0.3, -0.25) is 19.8 Å². The lowest BCUT2D eigenvalue weighted by Crippen LogP contribution is -2.50. The zero-order valence-electron chi connectivity index (χ0n) is 15.5. The monoisotopic (exact) mass is 382 g/mol. The first-order valence-electron chi connectivity index (χ1n) is 9.35. The van der Waals surface area contributed by atoms with E-state index in [0.29, 0.717) is 18.8 Å². The van der Waals surface area contributed by atoms with Gasteiger partial charge in [-0.1, -0.05) is 6.07 Å². The topological polar surface area (TPSA) is 90.2 Å². The Morgan fingerprint density at radius 3 is 2.43 bits per heavy atom. The Kier molecular flexibility index (Phi) is 4.87. The number of phenols is 1. The molecule has 0 atom stereocenters. The van der Waals surface area contributed by atoms with Crippen LogP contribution in [0.25, 0.3) is 0 Å². The number of nitro benzene ring substituents is 1. The van der Waals surface area contributed by atoms with E-state index < -0.39 is 4.92 Å². The Morgan fingerprint density at radius 1 is 1.04 bits per heavy atom. The first-order valence-corrected chi connectivity index (χ1v) is 9.35. The number of carbonyl (C=O) groups excluding carboxylic acids is 1. The first-order chi connectivity index (χ1) is 13.5. The first kappa shape index (κ1) is 18.2. The van der Waals surface area contributed by atoms with Gasteiger partial charge in [0.15, 0.2) is 0 Å². The van der Waals surface area contributed by atoms with Crippen LogP contribution >= 0.6 is 0 Å². The number of carbonyl (C=O) groups is 1. The van der Waals surface area contributed by atoms with Crippen LogP contribution < -0.4 is 9.80 Å². The lowest BCUT2D eigenvalue weighted by Gasteiger charge is -2.36. The van der Waals surface area contributed by atoms with Gasteiger partial charge in [0.1, 0.15) is 5.75 Å². The summed E-state index contributed by atoms with van der Waals surface area (Å²) in [6, 6.07) is 11.9. The van der Waals surface area contributed by atoms with Gasteiger partial charge in [0.2, 0.25) is 5.91 Å². The lowest BCUT2D eigenvalue weighted by molar-refractivity contribution is -0.384. The second kappa shape index (κ2) is 7.47. The summed E-state index contributed by atoms with van der Waals surface area (Å²) < 4.78 is 0. The predicted molar refractivity (Wildman–Crippen MR) is 106 cm³/mol. The largest absolute Gasteiger partial charge is 0.508 e. The van der Waals surface area contributed by atoms with Crippen LogP contribution in [0.5, 0.6) is 5.75 Å². The fraction of sp³-hybridized carbons (Fsp3) is 0.350. The number of phenolic OH excluding ortho intramolecular Hbond substituents is 1. The molecule has 0 aromatic heterocycles. The number of hydrogen-bond acceptors (Lipinski definition) is 6. The smallest absolute Gasteiger partial charge is 0.271 e. The minimum Gasteiger partial charge on any atom is -0.508 e. The molecule has 0 bridgehead atoms. The molecule has 0 aliphatic carbocycles. The van der Waals surface area contributed by atoms with Crippen molar-refractivity contribution in [1.29, 1.82) is 0 Å². The van der Waals surface area contributed by atoms with E-state index in [4.69, 9.17) is 0 Å². The SMILES string of the molecule is O=C(CN1CCN(c2ccc(O)cc2)CC1)N1CCc2ccc([N+](=O)[O-])cc21. The molecule has 8 heteroatoms. The highest BCUT2D eigenvalue weighted by Gasteiger charge is 2.28. The molecule has 1 amide bonds. The zero-order chi connectivity index (χ0) is 19.7. The summed E-state index contributed by atoms with van der Waals surface area (Å²) in [7, 11) is 0. The van der Waals surface area contributed by atoms with Crippen LogP contribution in [0.4, 0.5) is 17.1 Å². The number of nitrogens with zero attached hydrogens (tertiary/aromatic N) is 4. The Hall–Kier alpha value is -3.13. The summed E-state index contributed by atoms with van der Waals surface area (Å²) >= 11 is 0. The van der Waals surface area contributed by atoms with Crippen molar-refractivity contribution in [2.75, 3.05) is 49.1 Å². The number of anilines is 2. The van der Waals surface area contributed by atoms with E-state index in [1.54, 1.807) is 23.1 Å². The molecule has 4 rings (SSSR count). The molecule has 1 fully saturated rings. The number of hydrogen-bond donors (Lipinski definition) is 1. The molecule has 0 unspecified atom stereocenters.